The van der Waals surface area contributed by atoms with Crippen molar-refractivity contribution >= 4 is 17.7 Å². The normalized spacial score (nSPS) is 11.8. The summed E-state index contributed by atoms with van der Waals surface area (Å²) >= 11 is 1.82. The summed E-state index contributed by atoms with van der Waals surface area (Å²) in [6, 6.07) is 2.11. The fraction of sp³-hybridized carbons (Fsp3) is 0.667. The summed E-state index contributed by atoms with van der Waals surface area (Å²) in [5.41, 5.74) is 2.27. The lowest BCUT2D eigenvalue weighted by Crippen LogP contribution is -2.40. The molecule has 0 aliphatic rings. The van der Waals surface area contributed by atoms with Crippen molar-refractivity contribution in [1.29, 1.82) is 0 Å². The van der Waals surface area contributed by atoms with Gasteiger partial charge in [0.25, 0.3) is 0 Å². The molecule has 2 heterocycles. The summed E-state index contributed by atoms with van der Waals surface area (Å²) in [7, 11) is 0. The summed E-state index contributed by atoms with van der Waals surface area (Å²) in [5.74, 6) is 2.93. The first-order valence-corrected chi connectivity index (χ1v) is 10.9. The summed E-state index contributed by atoms with van der Waals surface area (Å²) in [4.78, 5) is 4.71. The van der Waals surface area contributed by atoms with E-state index in [2.05, 4.69) is 61.3 Å². The van der Waals surface area contributed by atoms with Crippen LogP contribution in [0, 0.1) is 13.8 Å². The molecule has 27 heavy (non-hydrogen) atoms. The number of hydrogen-bond donors (Lipinski definition) is 2. The van der Waals surface area contributed by atoms with Crippen molar-refractivity contribution < 1.29 is 0 Å². The number of rotatable bonds is 11. The molecule has 0 aromatic carbocycles. The molecule has 0 saturated heterocycles. The predicted octanol–water partition coefficient (Wildman–Crippen LogP) is 1.64. The number of hydrogen-bond acceptors (Lipinski definition) is 5. The Labute approximate surface area is 166 Å². The van der Waals surface area contributed by atoms with E-state index in [9.17, 15) is 0 Å². The van der Waals surface area contributed by atoms with Crippen LogP contribution in [-0.4, -0.2) is 62.1 Å². The van der Waals surface area contributed by atoms with Crippen LogP contribution in [0.25, 0.3) is 0 Å². The zero-order valence-corrected chi connectivity index (χ0v) is 17.7. The highest BCUT2D eigenvalue weighted by Crippen LogP contribution is 2.02. The molecule has 0 bridgehead atoms. The minimum Gasteiger partial charge on any atom is -0.356 e. The first-order valence-electron chi connectivity index (χ1n) is 9.53. The van der Waals surface area contributed by atoms with Crippen molar-refractivity contribution in [3.63, 3.8) is 0 Å². The standard InChI is InChI=1S/C18H32N8S/c1-5-17-23-22-14-25(17)11-8-20-18(21-9-12-27-4)19-7-6-10-26-16(3)13-15(2)24-26/h13-14H,5-12H2,1-4H3,(H2,19,20,21). The number of thioether (sulfide) groups is 1. The van der Waals surface area contributed by atoms with Crippen LogP contribution in [-0.2, 0) is 19.5 Å². The largest absolute Gasteiger partial charge is 0.356 e. The van der Waals surface area contributed by atoms with Crippen molar-refractivity contribution in [2.45, 2.75) is 46.7 Å². The molecular weight excluding hydrogens is 360 g/mol. The van der Waals surface area contributed by atoms with Gasteiger partial charge in [-0.15, -0.1) is 10.2 Å². The maximum Gasteiger partial charge on any atom is 0.191 e. The molecule has 0 aliphatic carbocycles. The van der Waals surface area contributed by atoms with Crippen LogP contribution >= 0.6 is 11.8 Å². The third kappa shape index (κ3) is 7.24. The Kier molecular flexibility index (Phi) is 9.17. The summed E-state index contributed by atoms with van der Waals surface area (Å²) in [5, 5.41) is 19.4. The fourth-order valence-corrected chi connectivity index (χ4v) is 3.10. The Hall–Kier alpha value is -2.03. The fourth-order valence-electron chi connectivity index (χ4n) is 2.79. The van der Waals surface area contributed by atoms with Crippen molar-refractivity contribution in [2.75, 3.05) is 31.6 Å². The minimum atomic E-state index is 0.764. The predicted molar refractivity (Wildman–Crippen MR) is 112 cm³/mol. The van der Waals surface area contributed by atoms with Crippen molar-refractivity contribution in [3.8, 4) is 0 Å². The monoisotopic (exact) mass is 392 g/mol. The maximum absolute atomic E-state index is 4.71. The molecule has 0 spiro atoms. The van der Waals surface area contributed by atoms with Crippen LogP contribution in [0.2, 0.25) is 0 Å². The van der Waals surface area contributed by atoms with Gasteiger partial charge in [-0.25, -0.2) is 0 Å². The molecule has 0 saturated carbocycles. The summed E-state index contributed by atoms with van der Waals surface area (Å²) in [6.45, 7) is 10.4. The Morgan fingerprint density at radius 3 is 2.74 bits per heavy atom. The summed E-state index contributed by atoms with van der Waals surface area (Å²) in [6.07, 6.45) is 5.74. The zero-order valence-electron chi connectivity index (χ0n) is 16.9. The number of nitrogens with zero attached hydrogens (tertiary/aromatic N) is 6. The second-order valence-electron chi connectivity index (χ2n) is 6.37. The van der Waals surface area contributed by atoms with Crippen LogP contribution in [0.5, 0.6) is 0 Å². The average molecular weight is 393 g/mol. The summed E-state index contributed by atoms with van der Waals surface area (Å²) < 4.78 is 4.13. The quantitative estimate of drug-likeness (QED) is 0.344. The van der Waals surface area contributed by atoms with Gasteiger partial charge in [-0.3, -0.25) is 9.67 Å². The van der Waals surface area contributed by atoms with E-state index in [4.69, 9.17) is 4.99 Å². The van der Waals surface area contributed by atoms with Crippen LogP contribution in [0.4, 0.5) is 0 Å². The lowest BCUT2D eigenvalue weighted by atomic mass is 10.4. The van der Waals surface area contributed by atoms with E-state index in [0.29, 0.717) is 0 Å². The van der Waals surface area contributed by atoms with Crippen LogP contribution < -0.4 is 10.6 Å². The first kappa shape index (κ1) is 21.3. The molecule has 2 rings (SSSR count). The number of aromatic nitrogens is 5. The topological polar surface area (TPSA) is 85.0 Å². The molecule has 2 N–H and O–H groups in total. The van der Waals surface area contributed by atoms with Crippen LogP contribution in [0.1, 0.15) is 30.6 Å². The Balaban J connectivity index is 1.80. The number of aliphatic imine (C=N–C) groups is 1. The van der Waals surface area contributed by atoms with E-state index >= 15 is 0 Å². The van der Waals surface area contributed by atoms with E-state index in [-0.39, 0.29) is 0 Å². The van der Waals surface area contributed by atoms with Gasteiger partial charge in [0.2, 0.25) is 0 Å². The van der Waals surface area contributed by atoms with Crippen LogP contribution in [0.3, 0.4) is 0 Å². The second-order valence-corrected chi connectivity index (χ2v) is 7.36. The van der Waals surface area contributed by atoms with Crippen LogP contribution in [0.15, 0.2) is 17.4 Å². The van der Waals surface area contributed by atoms with E-state index in [0.717, 1.165) is 68.8 Å². The molecule has 0 atom stereocenters. The van der Waals surface area contributed by atoms with Crippen molar-refractivity contribution in [2.24, 2.45) is 4.99 Å². The highest BCUT2D eigenvalue weighted by atomic mass is 32.2. The Morgan fingerprint density at radius 2 is 2.04 bits per heavy atom. The zero-order chi connectivity index (χ0) is 19.5. The highest BCUT2D eigenvalue weighted by molar-refractivity contribution is 7.98. The minimum absolute atomic E-state index is 0.764. The van der Waals surface area contributed by atoms with Gasteiger partial charge in [0, 0.05) is 50.6 Å². The Morgan fingerprint density at radius 1 is 1.22 bits per heavy atom. The third-order valence-corrected chi connectivity index (χ3v) is 4.77. The molecular formula is C18H32N8S. The van der Waals surface area contributed by atoms with Crippen molar-refractivity contribution in [1.82, 2.24) is 35.2 Å². The number of guanidine groups is 1. The van der Waals surface area contributed by atoms with Gasteiger partial charge in [-0.05, 0) is 32.6 Å². The highest BCUT2D eigenvalue weighted by Gasteiger charge is 2.03. The third-order valence-electron chi connectivity index (χ3n) is 4.16. The molecule has 8 nitrogen and oxygen atoms in total. The molecule has 0 radical (unpaired) electrons. The second kappa shape index (κ2) is 11.6. The molecule has 0 unspecified atom stereocenters. The van der Waals surface area contributed by atoms with Crippen molar-refractivity contribution in [3.05, 3.63) is 29.6 Å². The van der Waals surface area contributed by atoms with E-state index in [1.165, 1.54) is 5.69 Å². The van der Waals surface area contributed by atoms with Gasteiger partial charge >= 0.3 is 0 Å². The van der Waals surface area contributed by atoms with E-state index < -0.39 is 0 Å². The molecule has 0 fully saturated rings. The molecule has 150 valence electrons. The Bertz CT molecular complexity index is 706. The smallest absolute Gasteiger partial charge is 0.191 e. The first-order chi connectivity index (χ1) is 13.1. The van der Waals surface area contributed by atoms with Gasteiger partial charge in [0.15, 0.2) is 5.96 Å². The van der Waals surface area contributed by atoms with E-state index in [1.807, 2.05) is 18.7 Å². The van der Waals surface area contributed by atoms with Gasteiger partial charge in [0.05, 0.1) is 5.69 Å². The lowest BCUT2D eigenvalue weighted by Gasteiger charge is -2.13. The molecule has 2 aromatic heterocycles. The van der Waals surface area contributed by atoms with E-state index in [1.54, 1.807) is 6.33 Å². The van der Waals surface area contributed by atoms with Gasteiger partial charge < -0.3 is 15.2 Å². The SMILES string of the molecule is CCc1nncn1CCNC(=NCCCn1nc(C)cc1C)NCCSC. The molecule has 0 amide bonds. The van der Waals surface area contributed by atoms with Gasteiger partial charge in [-0.1, -0.05) is 6.92 Å². The van der Waals surface area contributed by atoms with Gasteiger partial charge in [0.1, 0.15) is 12.2 Å². The number of nitrogens with one attached hydrogen (secondary N) is 2. The lowest BCUT2D eigenvalue weighted by molar-refractivity contribution is 0.566. The molecule has 9 heteroatoms. The van der Waals surface area contributed by atoms with Gasteiger partial charge in [-0.2, -0.15) is 16.9 Å². The average Bonchev–Trinajstić information content (AvgIpc) is 3.23. The molecule has 2 aromatic rings. The maximum atomic E-state index is 4.71. The number of aryl methyl sites for hydroxylation is 4. The molecule has 0 aliphatic heterocycles.